The first kappa shape index (κ1) is 36.3. The minimum atomic E-state index is -0.985. The van der Waals surface area contributed by atoms with E-state index in [1.165, 1.54) is 6.33 Å². The second-order valence-corrected chi connectivity index (χ2v) is 15.5. The standard InChI is InChI=1S/C43H41N11O5/c44-39-37-38(26-6-9-32(10-7-26)59-31-4-2-1-3-5-31)49-54(40(37)46-25-45-39)28-16-20-51(21-17-28)30-23-47-52(24-30)27-14-18-50(19-15-27)29-8-11-33-34(22-29)43(58)53(42(33)57)35-12-13-36(55)48-41(35)56/h1-11,22-25,27-28,35H,12-21H2,(H2,44,45,46)(H,48,55,56). The van der Waals surface area contributed by atoms with Gasteiger partial charge in [0.1, 0.15) is 35.4 Å². The maximum absolute atomic E-state index is 13.4. The normalized spacial score (nSPS) is 19.1. The number of nitrogens with one attached hydrogen (secondary N) is 1. The van der Waals surface area contributed by atoms with Crippen LogP contribution in [0.4, 0.5) is 17.2 Å². The van der Waals surface area contributed by atoms with Crippen LogP contribution in [0.5, 0.6) is 11.5 Å². The van der Waals surface area contributed by atoms with E-state index >= 15 is 0 Å². The largest absolute Gasteiger partial charge is 0.457 e. The van der Waals surface area contributed by atoms with Gasteiger partial charge in [0.25, 0.3) is 11.8 Å². The number of carbonyl (C=O) groups is 4. The number of benzene rings is 3. The number of nitrogens with two attached hydrogens (primary N) is 1. The van der Waals surface area contributed by atoms with Gasteiger partial charge in [-0.3, -0.25) is 34.1 Å². The van der Waals surface area contributed by atoms with Crippen molar-refractivity contribution in [2.75, 3.05) is 41.7 Å². The second-order valence-electron chi connectivity index (χ2n) is 15.5. The lowest BCUT2D eigenvalue weighted by Crippen LogP contribution is -2.54. The van der Waals surface area contributed by atoms with Crippen LogP contribution in [-0.2, 0) is 9.59 Å². The molecule has 16 nitrogen and oxygen atoms in total. The van der Waals surface area contributed by atoms with Gasteiger partial charge in [0.15, 0.2) is 5.65 Å². The fraction of sp³-hybridized carbons (Fsp3) is 0.302. The first-order valence-corrected chi connectivity index (χ1v) is 20.0. The number of ether oxygens (including phenoxy) is 1. The number of aromatic nitrogens is 6. The SMILES string of the molecule is Nc1ncnc2c1c(-c1ccc(Oc3ccccc3)cc1)nn2C1CCN(c2cnn(C3CCN(c4ccc5c(c4)C(=O)N(C4CCC(=O)NC4=O)C5=O)CC3)c2)CC1. The van der Waals surface area contributed by atoms with Gasteiger partial charge in [-0.15, -0.1) is 0 Å². The molecule has 298 valence electrons. The highest BCUT2D eigenvalue weighted by Gasteiger charge is 2.45. The molecule has 1 unspecified atom stereocenters. The lowest BCUT2D eigenvalue weighted by Gasteiger charge is -2.34. The van der Waals surface area contributed by atoms with Gasteiger partial charge in [0.2, 0.25) is 11.8 Å². The predicted octanol–water partition coefficient (Wildman–Crippen LogP) is 5.15. The maximum atomic E-state index is 13.4. The molecule has 4 aliphatic heterocycles. The number of anilines is 3. The first-order chi connectivity index (χ1) is 28.8. The summed E-state index contributed by atoms with van der Waals surface area (Å²) in [6.45, 7) is 3.17. The minimum absolute atomic E-state index is 0.0847. The molecule has 10 rings (SSSR count). The molecule has 4 amide bonds. The number of nitrogen functional groups attached to an aromatic ring is 1. The van der Waals surface area contributed by atoms with E-state index < -0.39 is 29.7 Å². The van der Waals surface area contributed by atoms with Crippen molar-refractivity contribution in [3.05, 3.63) is 103 Å². The number of carbonyl (C=O) groups excluding carboxylic acids is 4. The summed E-state index contributed by atoms with van der Waals surface area (Å²) in [6.07, 6.45) is 9.26. The van der Waals surface area contributed by atoms with Gasteiger partial charge in [-0.1, -0.05) is 18.2 Å². The van der Waals surface area contributed by atoms with E-state index in [0.29, 0.717) is 11.4 Å². The van der Waals surface area contributed by atoms with Crippen LogP contribution in [-0.4, -0.2) is 90.3 Å². The van der Waals surface area contributed by atoms with Crippen LogP contribution >= 0.6 is 0 Å². The fourth-order valence-electron chi connectivity index (χ4n) is 8.86. The Hall–Kier alpha value is -7.10. The zero-order chi connectivity index (χ0) is 40.2. The average Bonchev–Trinajstić information content (AvgIpc) is 3.98. The average molecular weight is 792 g/mol. The van der Waals surface area contributed by atoms with Crippen molar-refractivity contribution >= 4 is 51.9 Å². The van der Waals surface area contributed by atoms with Crippen molar-refractivity contribution in [2.24, 2.45) is 0 Å². The Morgan fingerprint density at radius 3 is 2.17 bits per heavy atom. The van der Waals surface area contributed by atoms with Gasteiger partial charge in [0.05, 0.1) is 40.5 Å². The number of hydrogen-bond acceptors (Lipinski definition) is 12. The van der Waals surface area contributed by atoms with Crippen LogP contribution in [0.1, 0.15) is 71.3 Å². The molecule has 0 bridgehead atoms. The van der Waals surface area contributed by atoms with Gasteiger partial charge in [-0.25, -0.2) is 14.6 Å². The Labute approximate surface area is 338 Å². The number of para-hydroxylation sites is 1. The smallest absolute Gasteiger partial charge is 0.262 e. The molecular formula is C43H41N11O5. The predicted molar refractivity (Wildman–Crippen MR) is 218 cm³/mol. The maximum Gasteiger partial charge on any atom is 0.262 e. The molecule has 59 heavy (non-hydrogen) atoms. The Kier molecular flexibility index (Phi) is 9.02. The number of imide groups is 2. The van der Waals surface area contributed by atoms with Crippen molar-refractivity contribution in [2.45, 2.75) is 56.7 Å². The van der Waals surface area contributed by atoms with E-state index in [-0.39, 0.29) is 30.5 Å². The van der Waals surface area contributed by atoms with Crippen LogP contribution in [0.3, 0.4) is 0 Å². The summed E-state index contributed by atoms with van der Waals surface area (Å²) in [5.41, 5.74) is 11.3. The Morgan fingerprint density at radius 1 is 0.729 bits per heavy atom. The molecular weight excluding hydrogens is 751 g/mol. The van der Waals surface area contributed by atoms with Gasteiger partial charge in [-0.05, 0) is 86.7 Å². The third-order valence-corrected chi connectivity index (χ3v) is 12.0. The highest BCUT2D eigenvalue weighted by Crippen LogP contribution is 2.37. The molecule has 6 aromatic rings. The summed E-state index contributed by atoms with van der Waals surface area (Å²) >= 11 is 0. The Balaban J connectivity index is 0.772. The summed E-state index contributed by atoms with van der Waals surface area (Å²) in [6, 6.07) is 22.1. The van der Waals surface area contributed by atoms with Crippen LogP contribution in [0.15, 0.2) is 91.5 Å². The van der Waals surface area contributed by atoms with Gasteiger partial charge >= 0.3 is 0 Å². The summed E-state index contributed by atoms with van der Waals surface area (Å²) in [7, 11) is 0. The Bertz CT molecular complexity index is 2610. The molecule has 3 fully saturated rings. The van der Waals surface area contributed by atoms with Crippen LogP contribution in [0.25, 0.3) is 22.3 Å². The molecule has 1 atom stereocenters. The summed E-state index contributed by atoms with van der Waals surface area (Å²) in [5.74, 6) is -0.116. The number of fused-ring (bicyclic) bond motifs is 2. The molecule has 3 N–H and O–H groups in total. The van der Waals surface area contributed by atoms with Crippen LogP contribution < -0.4 is 25.6 Å². The fourth-order valence-corrected chi connectivity index (χ4v) is 8.86. The van der Waals surface area contributed by atoms with Crippen molar-refractivity contribution < 1.29 is 23.9 Å². The van der Waals surface area contributed by atoms with Gasteiger partial charge in [0, 0.05) is 50.0 Å². The number of piperidine rings is 3. The van der Waals surface area contributed by atoms with E-state index in [0.717, 1.165) is 102 Å². The van der Waals surface area contributed by atoms with E-state index in [9.17, 15) is 19.2 Å². The van der Waals surface area contributed by atoms with Crippen LogP contribution in [0.2, 0.25) is 0 Å². The molecule has 0 aliphatic carbocycles. The highest BCUT2D eigenvalue weighted by molar-refractivity contribution is 6.23. The van der Waals surface area contributed by atoms with Crippen LogP contribution in [0, 0.1) is 0 Å². The molecule has 3 aromatic heterocycles. The zero-order valence-corrected chi connectivity index (χ0v) is 32.1. The quantitative estimate of drug-likeness (QED) is 0.194. The lowest BCUT2D eigenvalue weighted by molar-refractivity contribution is -0.136. The third kappa shape index (κ3) is 6.59. The lowest BCUT2D eigenvalue weighted by atomic mass is 10.0. The third-order valence-electron chi connectivity index (χ3n) is 12.0. The van der Waals surface area contributed by atoms with E-state index in [2.05, 4.69) is 36.0 Å². The van der Waals surface area contributed by atoms with Crippen molar-refractivity contribution in [1.82, 2.24) is 39.7 Å². The topological polar surface area (TPSA) is 187 Å². The molecule has 3 aromatic carbocycles. The monoisotopic (exact) mass is 791 g/mol. The second kappa shape index (κ2) is 14.7. The molecule has 3 saturated heterocycles. The van der Waals surface area contributed by atoms with Gasteiger partial charge < -0.3 is 20.3 Å². The molecule has 0 radical (unpaired) electrons. The van der Waals surface area contributed by atoms with Crippen molar-refractivity contribution in [3.63, 3.8) is 0 Å². The molecule has 4 aliphatic rings. The number of hydrogen-bond donors (Lipinski definition) is 2. The van der Waals surface area contributed by atoms with E-state index in [4.69, 9.17) is 20.7 Å². The van der Waals surface area contributed by atoms with E-state index in [1.807, 2.05) is 71.5 Å². The highest BCUT2D eigenvalue weighted by atomic mass is 16.5. The summed E-state index contributed by atoms with van der Waals surface area (Å²) < 4.78 is 10.1. The molecule has 0 spiro atoms. The number of rotatable bonds is 8. The Morgan fingerprint density at radius 2 is 1.42 bits per heavy atom. The molecule has 0 saturated carbocycles. The van der Waals surface area contributed by atoms with E-state index in [1.54, 1.807) is 12.1 Å². The van der Waals surface area contributed by atoms with Gasteiger partial charge in [-0.2, -0.15) is 10.2 Å². The van der Waals surface area contributed by atoms with Crippen molar-refractivity contribution in [3.8, 4) is 22.8 Å². The van der Waals surface area contributed by atoms with Crippen molar-refractivity contribution in [1.29, 1.82) is 0 Å². The summed E-state index contributed by atoms with van der Waals surface area (Å²) in [4.78, 5) is 65.2. The zero-order valence-electron chi connectivity index (χ0n) is 32.1. The molecule has 7 heterocycles. The number of amides is 4. The summed E-state index contributed by atoms with van der Waals surface area (Å²) in [5, 5.41) is 12.9. The molecule has 16 heteroatoms. The number of nitrogens with zero attached hydrogens (tertiary/aromatic N) is 9. The first-order valence-electron chi connectivity index (χ1n) is 20.0. The minimum Gasteiger partial charge on any atom is -0.457 e.